The fourth-order valence-electron chi connectivity index (χ4n) is 2.64. The molecule has 0 saturated carbocycles. The maximum absolute atomic E-state index is 12.2. The third-order valence-corrected chi connectivity index (χ3v) is 5.10. The van der Waals surface area contributed by atoms with E-state index in [0.29, 0.717) is 11.3 Å². The Kier molecular flexibility index (Phi) is 5.26. The molecule has 24 heavy (non-hydrogen) atoms. The Morgan fingerprint density at radius 1 is 1.12 bits per heavy atom. The van der Waals surface area contributed by atoms with Gasteiger partial charge in [-0.2, -0.15) is 0 Å². The van der Waals surface area contributed by atoms with Crippen LogP contribution in [-0.4, -0.2) is 16.8 Å². The summed E-state index contributed by atoms with van der Waals surface area (Å²) in [6, 6.07) is 17.9. The lowest BCUT2D eigenvalue weighted by atomic mass is 10.0. The fraction of sp³-hybridized carbons (Fsp3) is 0.250. The van der Waals surface area contributed by atoms with Gasteiger partial charge in [-0.05, 0) is 24.5 Å². The van der Waals surface area contributed by atoms with Crippen molar-refractivity contribution in [1.29, 1.82) is 0 Å². The van der Waals surface area contributed by atoms with E-state index in [1.54, 1.807) is 0 Å². The summed E-state index contributed by atoms with van der Waals surface area (Å²) in [6.07, 6.45) is 0.774. The number of carbonyl (C=O) groups excluding carboxylic acids is 1. The summed E-state index contributed by atoms with van der Waals surface area (Å²) in [7, 11) is 0. The molecule has 0 saturated heterocycles. The van der Waals surface area contributed by atoms with Gasteiger partial charge in [0, 0.05) is 12.2 Å². The quantitative estimate of drug-likeness (QED) is 0.800. The molecule has 0 aliphatic carbocycles. The summed E-state index contributed by atoms with van der Waals surface area (Å²) in [4.78, 5) is 12.6. The first-order valence-corrected chi connectivity index (χ1v) is 8.98. The van der Waals surface area contributed by atoms with E-state index in [1.807, 2.05) is 49.4 Å². The highest BCUT2D eigenvalue weighted by Gasteiger charge is 2.30. The molecule has 124 valence electrons. The molecule has 1 atom stereocenters. The van der Waals surface area contributed by atoms with Crippen LogP contribution in [0.1, 0.15) is 29.2 Å². The molecule has 1 unspecified atom stereocenters. The second-order valence-corrected chi connectivity index (χ2v) is 6.97. The van der Waals surface area contributed by atoms with Gasteiger partial charge in [-0.25, -0.2) is 4.79 Å². The van der Waals surface area contributed by atoms with Crippen molar-refractivity contribution < 1.29 is 14.6 Å². The summed E-state index contributed by atoms with van der Waals surface area (Å²) < 4.78 is 5.52. The zero-order chi connectivity index (χ0) is 16.9. The predicted octanol–water partition coefficient (Wildman–Crippen LogP) is 4.73. The normalized spacial score (nSPS) is 17.7. The van der Waals surface area contributed by atoms with Crippen LogP contribution in [0.4, 0.5) is 0 Å². The van der Waals surface area contributed by atoms with Gasteiger partial charge in [0.05, 0.1) is 0 Å². The van der Waals surface area contributed by atoms with Crippen molar-refractivity contribution in [1.82, 2.24) is 0 Å². The van der Waals surface area contributed by atoms with Crippen LogP contribution in [0, 0.1) is 6.92 Å². The predicted molar refractivity (Wildman–Crippen MR) is 96.9 cm³/mol. The Morgan fingerprint density at radius 2 is 1.83 bits per heavy atom. The first-order chi connectivity index (χ1) is 11.6. The first-order valence-electron chi connectivity index (χ1n) is 8.00. The summed E-state index contributed by atoms with van der Waals surface area (Å²) in [5.41, 5.74) is 3.28. The van der Waals surface area contributed by atoms with Crippen LogP contribution in [0.25, 0.3) is 0 Å². The number of thioether (sulfide) groups is 1. The number of esters is 1. The molecular formula is C20H20O3S. The van der Waals surface area contributed by atoms with Crippen LogP contribution in [0.15, 0.2) is 65.3 Å². The summed E-state index contributed by atoms with van der Waals surface area (Å²) in [5.74, 6) is 0.436. The molecule has 1 N–H and O–H groups in total. The van der Waals surface area contributed by atoms with E-state index in [2.05, 4.69) is 12.1 Å². The molecule has 0 radical (unpaired) electrons. The molecule has 1 aliphatic heterocycles. The minimum absolute atomic E-state index is 0.134. The molecule has 0 aromatic heterocycles. The number of aryl methyl sites for hydroxylation is 2. The summed E-state index contributed by atoms with van der Waals surface area (Å²) in [5, 5.41) is 10.3. The van der Waals surface area contributed by atoms with Gasteiger partial charge in [0.15, 0.2) is 0 Å². The largest absolute Gasteiger partial charge is 0.511 e. The molecule has 2 aromatic carbocycles. The number of hydrogen-bond acceptors (Lipinski definition) is 4. The van der Waals surface area contributed by atoms with Gasteiger partial charge in [0.2, 0.25) is 0 Å². The minimum Gasteiger partial charge on any atom is -0.511 e. The number of hydrogen-bond donors (Lipinski definition) is 1. The summed E-state index contributed by atoms with van der Waals surface area (Å²) >= 11 is 1.36. The van der Waals surface area contributed by atoms with E-state index in [-0.39, 0.29) is 5.76 Å². The molecule has 2 aromatic rings. The minimum atomic E-state index is -0.428. The number of aliphatic hydroxyl groups excluding tert-OH is 1. The molecule has 0 amide bonds. The van der Waals surface area contributed by atoms with Gasteiger partial charge in [0.1, 0.15) is 16.8 Å². The van der Waals surface area contributed by atoms with E-state index < -0.39 is 12.1 Å². The average molecular weight is 340 g/mol. The van der Waals surface area contributed by atoms with Crippen molar-refractivity contribution in [2.45, 2.75) is 25.9 Å². The van der Waals surface area contributed by atoms with Gasteiger partial charge in [-0.3, -0.25) is 0 Å². The molecular weight excluding hydrogens is 320 g/mol. The van der Waals surface area contributed by atoms with Crippen LogP contribution in [0.3, 0.4) is 0 Å². The Balaban J connectivity index is 1.63. The lowest BCUT2D eigenvalue weighted by Crippen LogP contribution is -2.20. The van der Waals surface area contributed by atoms with Crippen LogP contribution in [0.2, 0.25) is 0 Å². The summed E-state index contributed by atoms with van der Waals surface area (Å²) in [6.45, 7) is 2.01. The fourth-order valence-corrected chi connectivity index (χ4v) is 3.59. The van der Waals surface area contributed by atoms with E-state index in [4.69, 9.17) is 4.74 Å². The third-order valence-electron chi connectivity index (χ3n) is 4.00. The Hall–Kier alpha value is -2.20. The highest BCUT2D eigenvalue weighted by Crippen LogP contribution is 2.35. The van der Waals surface area contributed by atoms with Gasteiger partial charge in [-0.15, -0.1) is 11.8 Å². The number of ether oxygens (including phenoxy) is 1. The number of benzene rings is 2. The van der Waals surface area contributed by atoms with E-state index >= 15 is 0 Å². The average Bonchev–Trinajstić information content (AvgIpc) is 2.59. The van der Waals surface area contributed by atoms with Crippen LogP contribution in [0.5, 0.6) is 0 Å². The lowest BCUT2D eigenvalue weighted by Gasteiger charge is -2.24. The second-order valence-electron chi connectivity index (χ2n) is 5.87. The number of cyclic esters (lactones) is 1. The zero-order valence-electron chi connectivity index (χ0n) is 13.6. The van der Waals surface area contributed by atoms with Gasteiger partial charge >= 0.3 is 5.97 Å². The third kappa shape index (κ3) is 4.01. The number of aliphatic hydroxyl groups is 1. The van der Waals surface area contributed by atoms with Crippen molar-refractivity contribution in [2.24, 2.45) is 0 Å². The van der Waals surface area contributed by atoms with Crippen LogP contribution < -0.4 is 0 Å². The van der Waals surface area contributed by atoms with Crippen molar-refractivity contribution in [2.75, 3.05) is 5.75 Å². The molecule has 0 fully saturated rings. The molecule has 1 aliphatic rings. The Labute approximate surface area is 146 Å². The van der Waals surface area contributed by atoms with Crippen molar-refractivity contribution in [3.8, 4) is 0 Å². The molecule has 3 nitrogen and oxygen atoms in total. The second kappa shape index (κ2) is 7.58. The standard InChI is InChI=1S/C20H20O3S/c1-14-7-9-16(10-8-14)18-13-17(21)19(20(22)23-18)24-12-11-15-5-3-2-4-6-15/h2-10,18,21H,11-13H2,1H3. The molecule has 1 heterocycles. The number of carbonyl (C=O) groups is 1. The van der Waals surface area contributed by atoms with Gasteiger partial charge in [-0.1, -0.05) is 60.2 Å². The van der Waals surface area contributed by atoms with E-state index in [0.717, 1.165) is 23.3 Å². The molecule has 0 bridgehead atoms. The van der Waals surface area contributed by atoms with E-state index in [1.165, 1.54) is 17.3 Å². The Morgan fingerprint density at radius 3 is 2.50 bits per heavy atom. The monoisotopic (exact) mass is 340 g/mol. The van der Waals surface area contributed by atoms with Crippen molar-refractivity contribution in [3.63, 3.8) is 0 Å². The maximum atomic E-state index is 12.2. The molecule has 3 rings (SSSR count). The van der Waals surface area contributed by atoms with Crippen molar-refractivity contribution >= 4 is 17.7 Å². The molecule has 4 heteroatoms. The first kappa shape index (κ1) is 16.7. The van der Waals surface area contributed by atoms with Crippen LogP contribution in [-0.2, 0) is 16.0 Å². The Bertz CT molecular complexity index is 735. The SMILES string of the molecule is Cc1ccc(C2CC(O)=C(SCCc3ccccc3)C(=O)O2)cc1. The highest BCUT2D eigenvalue weighted by molar-refractivity contribution is 8.04. The molecule has 0 spiro atoms. The smallest absolute Gasteiger partial charge is 0.348 e. The van der Waals surface area contributed by atoms with Gasteiger partial charge in [0.25, 0.3) is 0 Å². The highest BCUT2D eigenvalue weighted by atomic mass is 32.2. The van der Waals surface area contributed by atoms with E-state index in [9.17, 15) is 9.90 Å². The van der Waals surface area contributed by atoms with Crippen molar-refractivity contribution in [3.05, 3.63) is 82.0 Å². The zero-order valence-corrected chi connectivity index (χ0v) is 14.4. The maximum Gasteiger partial charge on any atom is 0.348 e. The lowest BCUT2D eigenvalue weighted by molar-refractivity contribution is -0.146. The van der Waals surface area contributed by atoms with Crippen LogP contribution >= 0.6 is 11.8 Å². The van der Waals surface area contributed by atoms with Gasteiger partial charge < -0.3 is 9.84 Å². The number of rotatable bonds is 5. The topological polar surface area (TPSA) is 46.5 Å².